The quantitative estimate of drug-likeness (QED) is 0.649. The van der Waals surface area contributed by atoms with Gasteiger partial charge < -0.3 is 18.6 Å². The molecule has 0 saturated carbocycles. The van der Waals surface area contributed by atoms with Gasteiger partial charge in [0.25, 0.3) is 17.9 Å². The second kappa shape index (κ2) is 8.17. The number of anilines is 1. The molecule has 0 fully saturated rings. The van der Waals surface area contributed by atoms with Crippen LogP contribution in [0, 0.1) is 0 Å². The molecule has 0 aliphatic carbocycles. The minimum Gasteiger partial charge on any atom is -0.450 e. The van der Waals surface area contributed by atoms with Crippen molar-refractivity contribution in [2.24, 2.45) is 0 Å². The molecule has 0 aromatic carbocycles. The Bertz CT molecular complexity index is 556. The number of hydrogen-bond donors (Lipinski definition) is 1. The molecular formula is C12H18N4O6Si. The van der Waals surface area contributed by atoms with Crippen LogP contribution in [0.4, 0.5) is 5.95 Å². The first-order valence-electron chi connectivity index (χ1n) is 6.81. The van der Waals surface area contributed by atoms with Gasteiger partial charge in [-0.05, 0) is 6.42 Å². The van der Waals surface area contributed by atoms with Gasteiger partial charge in [-0.15, -0.1) is 0 Å². The normalized spacial score (nSPS) is 10.6. The van der Waals surface area contributed by atoms with Crippen LogP contribution in [-0.4, -0.2) is 48.2 Å². The highest BCUT2D eigenvalue weighted by molar-refractivity contribution is 6.77. The van der Waals surface area contributed by atoms with E-state index in [1.165, 1.54) is 0 Å². The molecule has 11 heteroatoms. The van der Waals surface area contributed by atoms with Crippen LogP contribution in [0.2, 0.25) is 0 Å². The van der Waals surface area contributed by atoms with Crippen LogP contribution in [0.3, 0.4) is 0 Å². The summed E-state index contributed by atoms with van der Waals surface area (Å²) < 4.78 is 15.1. The van der Waals surface area contributed by atoms with E-state index in [0.29, 0.717) is 6.54 Å². The van der Waals surface area contributed by atoms with E-state index in [4.69, 9.17) is 13.3 Å². The Labute approximate surface area is 134 Å². The lowest BCUT2D eigenvalue weighted by Gasteiger charge is -2.24. The van der Waals surface area contributed by atoms with E-state index >= 15 is 0 Å². The van der Waals surface area contributed by atoms with E-state index in [1.54, 1.807) is 0 Å². The van der Waals surface area contributed by atoms with Crippen molar-refractivity contribution in [1.29, 1.82) is 0 Å². The predicted molar refractivity (Wildman–Crippen MR) is 79.3 cm³/mol. The van der Waals surface area contributed by atoms with E-state index in [2.05, 4.69) is 20.3 Å². The molecule has 0 unspecified atom stereocenters. The van der Waals surface area contributed by atoms with Crippen molar-refractivity contribution in [3.63, 3.8) is 0 Å². The third-order valence-corrected chi connectivity index (χ3v) is 4.67. The minimum absolute atomic E-state index is 0.181. The first-order valence-corrected chi connectivity index (χ1v) is 8.53. The van der Waals surface area contributed by atoms with E-state index in [0.717, 1.165) is 33.5 Å². The number of aromatic nitrogens is 3. The van der Waals surface area contributed by atoms with Gasteiger partial charge in [0.05, 0.1) is 0 Å². The van der Waals surface area contributed by atoms with E-state index < -0.39 is 26.7 Å². The molecule has 0 aliphatic rings. The molecule has 1 aromatic heterocycles. The molecular weight excluding hydrogens is 324 g/mol. The third kappa shape index (κ3) is 5.62. The summed E-state index contributed by atoms with van der Waals surface area (Å²) in [6, 6.07) is 0. The zero-order chi connectivity index (χ0) is 17.5. The number of carbonyl (C=O) groups is 3. The zero-order valence-electron chi connectivity index (χ0n) is 13.3. The lowest BCUT2D eigenvalue weighted by atomic mass is 10.5. The van der Waals surface area contributed by atoms with Crippen molar-refractivity contribution in [2.75, 3.05) is 11.9 Å². The number of nitrogens with zero attached hydrogens (tertiary/aromatic N) is 3. The fourth-order valence-corrected chi connectivity index (χ4v) is 3.53. The highest BCUT2D eigenvalue weighted by Crippen LogP contribution is 2.11. The van der Waals surface area contributed by atoms with Crippen molar-refractivity contribution in [2.45, 2.75) is 34.1 Å². The fraction of sp³-hybridized carbons (Fsp3) is 0.500. The van der Waals surface area contributed by atoms with Gasteiger partial charge in [-0.2, -0.15) is 4.98 Å². The van der Waals surface area contributed by atoms with Crippen LogP contribution in [0.1, 0.15) is 34.1 Å². The lowest BCUT2D eigenvalue weighted by Crippen LogP contribution is -2.61. The van der Waals surface area contributed by atoms with E-state index in [-0.39, 0.29) is 11.4 Å². The molecule has 0 amide bonds. The van der Waals surface area contributed by atoms with Gasteiger partial charge in [-0.25, -0.2) is 9.97 Å². The van der Waals surface area contributed by atoms with Crippen LogP contribution in [-0.2, 0) is 27.7 Å². The highest BCUT2D eigenvalue weighted by Gasteiger charge is 2.58. The van der Waals surface area contributed by atoms with Crippen LogP contribution >= 0.6 is 0 Å². The largest absolute Gasteiger partial charge is 0.782 e. The average Bonchev–Trinajstić information content (AvgIpc) is 2.43. The second-order valence-corrected chi connectivity index (χ2v) is 6.57. The third-order valence-electron chi connectivity index (χ3n) is 2.21. The molecule has 1 aromatic rings. The molecule has 0 atom stereocenters. The number of rotatable bonds is 7. The fourth-order valence-electron chi connectivity index (χ4n) is 1.53. The summed E-state index contributed by atoms with van der Waals surface area (Å²) in [5.41, 5.74) is -0.216. The van der Waals surface area contributed by atoms with Crippen LogP contribution in [0.25, 0.3) is 0 Å². The number of carbonyl (C=O) groups excluding carboxylic acids is 3. The monoisotopic (exact) mass is 342 g/mol. The van der Waals surface area contributed by atoms with Gasteiger partial charge >= 0.3 is 8.80 Å². The summed E-state index contributed by atoms with van der Waals surface area (Å²) in [5, 5.41) is 2.91. The Balaban J connectivity index is 3.31. The SMILES string of the molecule is CCCNc1ncnc([Si](OC(C)=O)(OC(C)=O)OC(C)=O)n1. The molecule has 1 N–H and O–H groups in total. The minimum atomic E-state index is -4.28. The number of nitrogens with one attached hydrogen (secondary N) is 1. The van der Waals surface area contributed by atoms with Crippen LogP contribution < -0.4 is 10.8 Å². The first kappa shape index (κ1) is 18.5. The average molecular weight is 342 g/mol. The molecule has 0 saturated heterocycles. The summed E-state index contributed by atoms with van der Waals surface area (Å²) in [6.07, 6.45) is 1.96. The standard InChI is InChI=1S/C12H18N4O6Si/c1-5-6-13-11-14-7-15-12(16-11)23(20-8(2)17,21-9(3)18)22-10(4)19/h7H,5-6H2,1-4H3,(H,13,14,15,16). The summed E-state index contributed by atoms with van der Waals surface area (Å²) in [4.78, 5) is 46.0. The Morgan fingerprint density at radius 1 is 1.04 bits per heavy atom. The summed E-state index contributed by atoms with van der Waals surface area (Å²) in [7, 11) is -4.28. The maximum atomic E-state index is 11.4. The second-order valence-electron chi connectivity index (χ2n) is 4.40. The highest BCUT2D eigenvalue weighted by atomic mass is 28.4. The lowest BCUT2D eigenvalue weighted by molar-refractivity contribution is -0.146. The summed E-state index contributed by atoms with van der Waals surface area (Å²) in [5.74, 6) is -2.23. The van der Waals surface area contributed by atoms with Crippen molar-refractivity contribution < 1.29 is 27.7 Å². The summed E-state index contributed by atoms with van der Waals surface area (Å²) in [6.45, 7) is 5.81. The molecule has 126 valence electrons. The predicted octanol–water partition coefficient (Wildman–Crippen LogP) is -0.471. The van der Waals surface area contributed by atoms with Crippen molar-refractivity contribution in [3.8, 4) is 0 Å². The maximum Gasteiger partial charge on any atom is 0.782 e. The molecule has 0 aliphatic heterocycles. The van der Waals surface area contributed by atoms with Gasteiger partial charge in [0.2, 0.25) is 11.4 Å². The molecule has 10 nitrogen and oxygen atoms in total. The van der Waals surface area contributed by atoms with Crippen LogP contribution in [0.15, 0.2) is 6.33 Å². The van der Waals surface area contributed by atoms with Crippen molar-refractivity contribution >= 4 is 38.1 Å². The maximum absolute atomic E-state index is 11.4. The van der Waals surface area contributed by atoms with Crippen molar-refractivity contribution in [3.05, 3.63) is 6.33 Å². The Morgan fingerprint density at radius 3 is 2.00 bits per heavy atom. The van der Waals surface area contributed by atoms with Gasteiger partial charge in [-0.3, -0.25) is 14.4 Å². The van der Waals surface area contributed by atoms with Crippen LogP contribution in [0.5, 0.6) is 0 Å². The van der Waals surface area contributed by atoms with Gasteiger partial charge in [0, 0.05) is 27.3 Å². The van der Waals surface area contributed by atoms with Crippen molar-refractivity contribution in [1.82, 2.24) is 15.0 Å². The topological polar surface area (TPSA) is 130 Å². The Morgan fingerprint density at radius 2 is 1.57 bits per heavy atom. The molecule has 23 heavy (non-hydrogen) atoms. The smallest absolute Gasteiger partial charge is 0.450 e. The molecule has 0 spiro atoms. The van der Waals surface area contributed by atoms with E-state index in [9.17, 15) is 14.4 Å². The molecule has 0 bridgehead atoms. The Kier molecular flexibility index (Phi) is 6.57. The first-order chi connectivity index (χ1) is 10.8. The van der Waals surface area contributed by atoms with Gasteiger partial charge in [0.1, 0.15) is 6.33 Å². The molecule has 0 radical (unpaired) electrons. The molecule has 1 rings (SSSR count). The van der Waals surface area contributed by atoms with E-state index in [1.807, 2.05) is 6.92 Å². The van der Waals surface area contributed by atoms with Gasteiger partial charge in [0.15, 0.2) is 0 Å². The molecule has 1 heterocycles. The summed E-state index contributed by atoms with van der Waals surface area (Å²) >= 11 is 0. The zero-order valence-corrected chi connectivity index (χ0v) is 14.3. The Hall–Kier alpha value is -2.56. The number of hydrogen-bond acceptors (Lipinski definition) is 10. The van der Waals surface area contributed by atoms with Gasteiger partial charge in [-0.1, -0.05) is 6.92 Å².